The summed E-state index contributed by atoms with van der Waals surface area (Å²) in [6, 6.07) is 4.98. The Kier molecular flexibility index (Phi) is 5.31. The van der Waals surface area contributed by atoms with Gasteiger partial charge in [-0.25, -0.2) is 8.42 Å². The van der Waals surface area contributed by atoms with Crippen LogP contribution in [0.2, 0.25) is 0 Å². The molecule has 1 aromatic rings. The fraction of sp³-hybridized carbons (Fsp3) is 0.273. The number of halogens is 2. The van der Waals surface area contributed by atoms with Crippen LogP contribution in [0.4, 0.5) is 5.69 Å². The lowest BCUT2D eigenvalue weighted by Gasteiger charge is -2.08. The monoisotopic (exact) mass is 335 g/mol. The quantitative estimate of drug-likeness (QED) is 0.664. The van der Waals surface area contributed by atoms with Crippen molar-refractivity contribution in [1.82, 2.24) is 0 Å². The van der Waals surface area contributed by atoms with Crippen LogP contribution in [0.3, 0.4) is 0 Å². The molecule has 0 aromatic heterocycles. The molecule has 0 unspecified atom stereocenters. The minimum Gasteiger partial charge on any atom is -0.283 e. The first-order valence-corrected chi connectivity index (χ1v) is 7.78. The number of benzene rings is 1. The van der Waals surface area contributed by atoms with Crippen molar-refractivity contribution in [2.24, 2.45) is 0 Å². The first-order chi connectivity index (χ1) is 7.96. The number of rotatable bonds is 5. The molecule has 0 spiro atoms. The summed E-state index contributed by atoms with van der Waals surface area (Å²) in [5, 5.41) is 0. The fourth-order valence-corrected chi connectivity index (χ4v) is 3.10. The predicted octanol–water partition coefficient (Wildman–Crippen LogP) is 2.80. The topological polar surface area (TPSA) is 46.2 Å². The Balaban J connectivity index is 2.89. The highest BCUT2D eigenvalue weighted by molar-refractivity contribution is 9.10. The molecule has 6 heteroatoms. The summed E-state index contributed by atoms with van der Waals surface area (Å²) in [6.45, 7) is 0. The average Bonchev–Trinajstić information content (AvgIpc) is 2.25. The van der Waals surface area contributed by atoms with Crippen molar-refractivity contribution in [3.8, 4) is 12.3 Å². The maximum atomic E-state index is 11.6. The van der Waals surface area contributed by atoms with Crippen molar-refractivity contribution in [3.63, 3.8) is 0 Å². The van der Waals surface area contributed by atoms with E-state index in [2.05, 4.69) is 26.6 Å². The van der Waals surface area contributed by atoms with Gasteiger partial charge >= 0.3 is 0 Å². The van der Waals surface area contributed by atoms with Gasteiger partial charge in [-0.3, -0.25) is 4.72 Å². The Hall–Kier alpha value is -0.700. The highest BCUT2D eigenvalue weighted by atomic mass is 79.9. The third kappa shape index (κ3) is 4.99. The molecule has 3 nitrogen and oxygen atoms in total. The maximum Gasteiger partial charge on any atom is 0.232 e. The average molecular weight is 337 g/mol. The molecular formula is C11H11BrClNO2S. The van der Waals surface area contributed by atoms with Gasteiger partial charge in [-0.05, 0) is 24.6 Å². The van der Waals surface area contributed by atoms with E-state index in [1.807, 2.05) is 0 Å². The van der Waals surface area contributed by atoms with Gasteiger partial charge in [-0.15, -0.1) is 18.0 Å². The summed E-state index contributed by atoms with van der Waals surface area (Å²) in [7, 11) is -3.36. The number of anilines is 1. The number of hydrogen-bond acceptors (Lipinski definition) is 2. The molecule has 1 N–H and O–H groups in total. The number of nitrogens with one attached hydrogen (secondary N) is 1. The molecule has 0 amide bonds. The van der Waals surface area contributed by atoms with Crippen molar-refractivity contribution in [2.45, 2.75) is 6.42 Å². The zero-order chi connectivity index (χ0) is 12.9. The summed E-state index contributed by atoms with van der Waals surface area (Å²) < 4.78 is 26.4. The van der Waals surface area contributed by atoms with Gasteiger partial charge in [0.1, 0.15) is 0 Å². The van der Waals surface area contributed by atoms with Gasteiger partial charge in [0.15, 0.2) is 0 Å². The van der Waals surface area contributed by atoms with Crippen LogP contribution in [0.1, 0.15) is 12.0 Å². The van der Waals surface area contributed by atoms with Crippen LogP contribution in [0.5, 0.6) is 0 Å². The Labute approximate surface area is 115 Å². The minimum absolute atomic E-state index is 0.00556. The van der Waals surface area contributed by atoms with E-state index in [-0.39, 0.29) is 5.75 Å². The zero-order valence-electron chi connectivity index (χ0n) is 8.91. The first-order valence-electron chi connectivity index (χ1n) is 4.80. The number of sulfonamides is 1. The smallest absolute Gasteiger partial charge is 0.232 e. The second-order valence-electron chi connectivity index (χ2n) is 3.34. The second-order valence-corrected chi connectivity index (χ2v) is 6.47. The van der Waals surface area contributed by atoms with Crippen LogP contribution in [0, 0.1) is 12.3 Å². The highest BCUT2D eigenvalue weighted by Gasteiger charge is 2.10. The zero-order valence-corrected chi connectivity index (χ0v) is 12.1. The Morgan fingerprint density at radius 2 is 2.12 bits per heavy atom. The molecule has 0 atom stereocenters. The predicted molar refractivity (Wildman–Crippen MR) is 74.8 cm³/mol. The van der Waals surface area contributed by atoms with Gasteiger partial charge < -0.3 is 0 Å². The molecule has 0 aliphatic heterocycles. The van der Waals surface area contributed by atoms with E-state index in [1.54, 1.807) is 18.2 Å². The summed E-state index contributed by atoms with van der Waals surface area (Å²) in [5.74, 6) is 2.76. The molecule has 0 heterocycles. The Morgan fingerprint density at radius 3 is 2.71 bits per heavy atom. The van der Waals surface area contributed by atoms with Crippen molar-refractivity contribution in [3.05, 3.63) is 28.2 Å². The number of hydrogen-bond donors (Lipinski definition) is 1. The van der Waals surface area contributed by atoms with Crippen molar-refractivity contribution in [1.29, 1.82) is 0 Å². The van der Waals surface area contributed by atoms with E-state index >= 15 is 0 Å². The third-order valence-electron chi connectivity index (χ3n) is 1.88. The van der Waals surface area contributed by atoms with Gasteiger partial charge in [-0.1, -0.05) is 21.9 Å². The first kappa shape index (κ1) is 14.4. The Morgan fingerprint density at radius 1 is 1.41 bits per heavy atom. The molecule has 17 heavy (non-hydrogen) atoms. The minimum atomic E-state index is -3.36. The molecule has 0 aliphatic rings. The fourth-order valence-electron chi connectivity index (χ4n) is 1.21. The largest absolute Gasteiger partial charge is 0.283 e. The molecular weight excluding hydrogens is 326 g/mol. The molecule has 0 bridgehead atoms. The standard InChI is InChI=1S/C11H11BrClNO2S/c1-2-9-6-10(12)8-11(7-9)14-17(15,16)5-3-4-13/h1,6-8,14H,3-5H2. The molecule has 0 aliphatic carbocycles. The SMILES string of the molecule is C#Cc1cc(Br)cc(NS(=O)(=O)CCCCl)c1. The van der Waals surface area contributed by atoms with Crippen LogP contribution in [-0.4, -0.2) is 20.1 Å². The van der Waals surface area contributed by atoms with Gasteiger partial charge in [-0.2, -0.15) is 0 Å². The summed E-state index contributed by atoms with van der Waals surface area (Å²) in [6.07, 6.45) is 5.68. The van der Waals surface area contributed by atoms with Crippen molar-refractivity contribution < 1.29 is 8.42 Å². The van der Waals surface area contributed by atoms with Gasteiger partial charge in [0, 0.05) is 15.9 Å². The van der Waals surface area contributed by atoms with E-state index < -0.39 is 10.0 Å². The van der Waals surface area contributed by atoms with Crippen LogP contribution < -0.4 is 4.72 Å². The number of terminal acetylenes is 1. The lowest BCUT2D eigenvalue weighted by Crippen LogP contribution is -2.17. The normalized spacial score (nSPS) is 10.9. The van der Waals surface area contributed by atoms with Crippen LogP contribution in [0.25, 0.3) is 0 Å². The molecule has 0 fully saturated rings. The number of alkyl halides is 1. The van der Waals surface area contributed by atoms with Crippen LogP contribution in [0.15, 0.2) is 22.7 Å². The van der Waals surface area contributed by atoms with Crippen LogP contribution in [-0.2, 0) is 10.0 Å². The van der Waals surface area contributed by atoms with Crippen molar-refractivity contribution in [2.75, 3.05) is 16.4 Å². The maximum absolute atomic E-state index is 11.6. The summed E-state index contributed by atoms with van der Waals surface area (Å²) >= 11 is 8.72. The van der Waals surface area contributed by atoms with Crippen LogP contribution >= 0.6 is 27.5 Å². The summed E-state index contributed by atoms with van der Waals surface area (Å²) in [5.41, 5.74) is 1.05. The molecule has 0 saturated heterocycles. The van der Waals surface area contributed by atoms with Gasteiger partial charge in [0.25, 0.3) is 0 Å². The van der Waals surface area contributed by atoms with Crippen molar-refractivity contribution >= 4 is 43.2 Å². The lowest BCUT2D eigenvalue weighted by molar-refractivity contribution is 0.600. The van der Waals surface area contributed by atoms with E-state index in [0.29, 0.717) is 23.6 Å². The third-order valence-corrected chi connectivity index (χ3v) is 3.98. The summed E-state index contributed by atoms with van der Waals surface area (Å²) in [4.78, 5) is 0. The lowest BCUT2D eigenvalue weighted by atomic mass is 10.2. The molecule has 1 rings (SSSR count). The molecule has 0 saturated carbocycles. The highest BCUT2D eigenvalue weighted by Crippen LogP contribution is 2.20. The second kappa shape index (κ2) is 6.29. The molecule has 92 valence electrons. The van der Waals surface area contributed by atoms with E-state index in [4.69, 9.17) is 18.0 Å². The Bertz CT molecular complexity index is 537. The van der Waals surface area contributed by atoms with E-state index in [0.717, 1.165) is 4.47 Å². The van der Waals surface area contributed by atoms with E-state index in [9.17, 15) is 8.42 Å². The van der Waals surface area contributed by atoms with Gasteiger partial charge in [0.2, 0.25) is 10.0 Å². The van der Waals surface area contributed by atoms with E-state index in [1.165, 1.54) is 0 Å². The molecule has 0 radical (unpaired) electrons. The molecule has 1 aromatic carbocycles. The van der Waals surface area contributed by atoms with Gasteiger partial charge in [0.05, 0.1) is 11.4 Å².